The van der Waals surface area contributed by atoms with E-state index in [4.69, 9.17) is 9.47 Å². The van der Waals surface area contributed by atoms with E-state index in [0.717, 1.165) is 79.0 Å². The summed E-state index contributed by atoms with van der Waals surface area (Å²) in [6, 6.07) is 13.8. The van der Waals surface area contributed by atoms with E-state index in [1.54, 1.807) is 17.3 Å². The first-order valence-corrected chi connectivity index (χ1v) is 22.8. The summed E-state index contributed by atoms with van der Waals surface area (Å²) in [6.45, 7) is 7.87. The Hall–Kier alpha value is -5.89. The van der Waals surface area contributed by atoms with Crippen molar-refractivity contribution in [2.45, 2.75) is 75.4 Å². The van der Waals surface area contributed by atoms with Gasteiger partial charge in [-0.05, 0) is 78.8 Å². The maximum Gasteiger partial charge on any atom is 0.418 e. The number of nitrogens with one attached hydrogen (secondary N) is 1. The second kappa shape index (κ2) is 17.7. The quantitative estimate of drug-likeness (QED) is 0.136. The molecule has 4 saturated heterocycles. The summed E-state index contributed by atoms with van der Waals surface area (Å²) in [5, 5.41) is 10.6. The molecule has 1 unspecified atom stereocenters. The number of ether oxygens (including phenoxy) is 2. The van der Waals surface area contributed by atoms with Gasteiger partial charge in [0.25, 0.3) is 5.91 Å². The molecular weight excluding hydrogens is 858 g/mol. The third-order valence-corrected chi connectivity index (χ3v) is 14.1. The molecule has 19 heteroatoms. The second-order valence-electron chi connectivity index (χ2n) is 18.4. The second-order valence-corrected chi connectivity index (χ2v) is 18.4. The van der Waals surface area contributed by atoms with Gasteiger partial charge in [-0.2, -0.15) is 13.2 Å². The molecule has 0 saturated carbocycles. The van der Waals surface area contributed by atoms with Gasteiger partial charge in [-0.25, -0.2) is 4.79 Å². The number of nitrogens with zero attached hydrogens (tertiary/aromatic N) is 9. The lowest BCUT2D eigenvalue weighted by Crippen LogP contribution is -2.52. The standard InChI is InChI=1S/C47H53F3N10O6/c1-54-30-51-53-41(54)23-46(28-65-29-46)33-4-2-5-35(22-33)58-27-40-38(47(48,49)50)20-31(25-60(40)45(58)64)24-56-13-10-36(11-14-56)66-19-3-12-55-15-17-57(18-16-55)34-6-7-37-32(21-34)26-59(44(37)63)39-8-9-42(61)52-43(39)62/h2,4-7,20-22,25,27,30,36,39H,3,8-19,23-24,26,28-29H2,1H3,(H,52,61,62). The van der Waals surface area contributed by atoms with Crippen LogP contribution >= 0.6 is 0 Å². The van der Waals surface area contributed by atoms with E-state index < -0.39 is 34.8 Å². The van der Waals surface area contributed by atoms with E-state index in [2.05, 4.69) is 36.3 Å². The van der Waals surface area contributed by atoms with Crippen LogP contribution in [0.15, 0.2) is 72.0 Å². The summed E-state index contributed by atoms with van der Waals surface area (Å²) in [5.41, 5.74) is 2.34. The molecule has 0 bridgehead atoms. The highest BCUT2D eigenvalue weighted by Crippen LogP contribution is 2.38. The van der Waals surface area contributed by atoms with Crippen molar-refractivity contribution < 1.29 is 37.0 Å². The first kappa shape index (κ1) is 44.0. The van der Waals surface area contributed by atoms with E-state index >= 15 is 0 Å². The summed E-state index contributed by atoms with van der Waals surface area (Å²) >= 11 is 0. The monoisotopic (exact) mass is 910 g/mol. The van der Waals surface area contributed by atoms with E-state index in [0.29, 0.717) is 69.1 Å². The van der Waals surface area contributed by atoms with Crippen LogP contribution in [-0.2, 0) is 57.2 Å². The third kappa shape index (κ3) is 8.64. The van der Waals surface area contributed by atoms with Crippen molar-refractivity contribution in [3.63, 3.8) is 0 Å². The molecule has 1 atom stereocenters. The van der Waals surface area contributed by atoms with E-state index in [1.807, 2.05) is 41.9 Å². The Labute approximate surface area is 378 Å². The van der Waals surface area contributed by atoms with Crippen LogP contribution < -0.4 is 15.9 Å². The summed E-state index contributed by atoms with van der Waals surface area (Å²) < 4.78 is 60.1. The Morgan fingerprint density at radius 3 is 2.42 bits per heavy atom. The van der Waals surface area contributed by atoms with Crippen LogP contribution in [0.2, 0.25) is 0 Å². The highest BCUT2D eigenvalue weighted by atomic mass is 19.4. The predicted molar refractivity (Wildman–Crippen MR) is 235 cm³/mol. The van der Waals surface area contributed by atoms with E-state index in [9.17, 15) is 32.3 Å². The first-order chi connectivity index (χ1) is 31.8. The molecule has 5 aromatic rings. The molecule has 3 amide bonds. The van der Waals surface area contributed by atoms with Gasteiger partial charge in [0.2, 0.25) is 11.8 Å². The molecule has 16 nitrogen and oxygen atoms in total. The normalized spacial score (nSPS) is 20.8. The van der Waals surface area contributed by atoms with E-state index in [1.165, 1.54) is 23.0 Å². The number of pyridine rings is 1. The Bertz CT molecular complexity index is 2710. The molecule has 0 spiro atoms. The van der Waals surface area contributed by atoms with Crippen LogP contribution in [-0.4, -0.2) is 134 Å². The minimum absolute atomic E-state index is 0.0716. The van der Waals surface area contributed by atoms with Crippen LogP contribution in [0.5, 0.6) is 0 Å². The molecule has 8 heterocycles. The number of amides is 3. The summed E-state index contributed by atoms with van der Waals surface area (Å²) in [7, 11) is 1.87. The van der Waals surface area contributed by atoms with Crippen molar-refractivity contribution in [3.8, 4) is 5.69 Å². The zero-order valence-corrected chi connectivity index (χ0v) is 36.8. The van der Waals surface area contributed by atoms with Crippen LogP contribution in [0.1, 0.15) is 70.5 Å². The molecule has 5 aliphatic heterocycles. The number of imide groups is 1. The number of likely N-dealkylation sites (tertiary alicyclic amines) is 1. The van der Waals surface area contributed by atoms with Crippen molar-refractivity contribution >= 4 is 28.9 Å². The number of anilines is 1. The molecule has 2 aromatic carbocycles. The minimum atomic E-state index is -4.67. The number of halogens is 3. The van der Waals surface area contributed by atoms with Crippen molar-refractivity contribution in [2.75, 3.05) is 70.5 Å². The number of carbonyl (C=O) groups excluding carboxylic acids is 3. The summed E-state index contributed by atoms with van der Waals surface area (Å²) in [5.74, 6) is -0.0998. The van der Waals surface area contributed by atoms with Crippen molar-refractivity contribution in [3.05, 3.63) is 111 Å². The average molecular weight is 911 g/mol. The predicted octanol–water partition coefficient (Wildman–Crippen LogP) is 3.70. The van der Waals surface area contributed by atoms with Gasteiger partial charge in [0.1, 0.15) is 18.2 Å². The molecular formula is C47H53F3N10O6. The largest absolute Gasteiger partial charge is 0.418 e. The molecule has 5 aliphatic rings. The van der Waals surface area contributed by atoms with Crippen molar-refractivity contribution in [1.29, 1.82) is 0 Å². The molecule has 66 heavy (non-hydrogen) atoms. The van der Waals surface area contributed by atoms with Gasteiger partial charge in [-0.3, -0.25) is 38.5 Å². The summed E-state index contributed by atoms with van der Waals surface area (Å²) in [4.78, 5) is 59.5. The Morgan fingerprint density at radius 1 is 0.909 bits per heavy atom. The Balaban J connectivity index is 0.700. The maximum atomic E-state index is 14.6. The topological polar surface area (TPSA) is 152 Å². The number of piperazine rings is 1. The fourth-order valence-electron chi connectivity index (χ4n) is 10.2. The number of aromatic nitrogens is 5. The third-order valence-electron chi connectivity index (χ3n) is 14.1. The number of carbonyl (C=O) groups is 3. The number of hydrogen-bond donors (Lipinski definition) is 1. The number of piperidine rings is 2. The minimum Gasteiger partial charge on any atom is -0.379 e. The molecule has 0 aliphatic carbocycles. The van der Waals surface area contributed by atoms with Crippen LogP contribution in [0.3, 0.4) is 0 Å². The lowest BCUT2D eigenvalue weighted by Gasteiger charge is -2.41. The van der Waals surface area contributed by atoms with Gasteiger partial charge < -0.3 is 23.8 Å². The van der Waals surface area contributed by atoms with Gasteiger partial charge in [0, 0.05) is 114 Å². The summed E-state index contributed by atoms with van der Waals surface area (Å²) in [6.07, 6.45) is 3.40. The van der Waals surface area contributed by atoms with Gasteiger partial charge >= 0.3 is 11.9 Å². The van der Waals surface area contributed by atoms with Crippen LogP contribution in [0.4, 0.5) is 18.9 Å². The molecule has 10 rings (SSSR count). The highest BCUT2D eigenvalue weighted by molar-refractivity contribution is 6.05. The van der Waals surface area contributed by atoms with Crippen LogP contribution in [0, 0.1) is 0 Å². The fourth-order valence-corrected chi connectivity index (χ4v) is 10.2. The van der Waals surface area contributed by atoms with Gasteiger partial charge in [-0.15, -0.1) is 10.2 Å². The fraction of sp³-hybridized carbons (Fsp3) is 0.489. The van der Waals surface area contributed by atoms with Crippen molar-refractivity contribution in [2.24, 2.45) is 7.05 Å². The number of fused-ring (bicyclic) bond motifs is 2. The number of imidazole rings is 1. The average Bonchev–Trinajstić information content (AvgIpc) is 3.96. The number of aryl methyl sites for hydroxylation is 1. The lowest BCUT2D eigenvalue weighted by atomic mass is 9.75. The Morgan fingerprint density at radius 2 is 1.71 bits per heavy atom. The van der Waals surface area contributed by atoms with Gasteiger partial charge in [-0.1, -0.05) is 12.1 Å². The molecule has 348 valence electrons. The van der Waals surface area contributed by atoms with E-state index in [-0.39, 0.29) is 36.4 Å². The molecule has 3 aromatic heterocycles. The molecule has 1 N–H and O–H groups in total. The number of alkyl halides is 3. The number of hydrogen-bond acceptors (Lipinski definition) is 11. The first-order valence-electron chi connectivity index (χ1n) is 22.8. The zero-order chi connectivity index (χ0) is 45.7. The SMILES string of the molecule is Cn1cnnc1CC1(c2cccc(-n3cc4c(C(F)(F)F)cc(CN5CCC(OCCCN6CCN(c7ccc8c(c7)CN(C7CCC(=O)NC7=O)C8=O)CC6)CC5)cn4c3=O)c2)COC1. The number of benzene rings is 2. The Kier molecular flexibility index (Phi) is 11.8. The van der Waals surface area contributed by atoms with Gasteiger partial charge in [0.15, 0.2) is 0 Å². The van der Waals surface area contributed by atoms with Gasteiger partial charge in [0.05, 0.1) is 36.1 Å². The molecule has 0 radical (unpaired) electrons. The molecule has 4 fully saturated rings. The zero-order valence-electron chi connectivity index (χ0n) is 36.8. The highest BCUT2D eigenvalue weighted by Gasteiger charge is 2.43. The van der Waals surface area contributed by atoms with Crippen LogP contribution in [0.25, 0.3) is 11.2 Å². The lowest BCUT2D eigenvalue weighted by molar-refractivity contribution is -0.137. The van der Waals surface area contributed by atoms with Crippen molar-refractivity contribution in [1.82, 2.24) is 43.7 Å². The number of rotatable bonds is 13. The smallest absolute Gasteiger partial charge is 0.379 e. The maximum absolute atomic E-state index is 14.6.